The van der Waals surface area contributed by atoms with E-state index in [4.69, 9.17) is 0 Å². The van der Waals surface area contributed by atoms with Gasteiger partial charge in [-0.25, -0.2) is 9.18 Å². The van der Waals surface area contributed by atoms with Gasteiger partial charge in [0.15, 0.2) is 0 Å². The van der Waals surface area contributed by atoms with Gasteiger partial charge in [-0.1, -0.05) is 18.2 Å². The van der Waals surface area contributed by atoms with Crippen molar-refractivity contribution in [3.63, 3.8) is 0 Å². The summed E-state index contributed by atoms with van der Waals surface area (Å²) in [5.41, 5.74) is 1.41. The Balaban J connectivity index is 1.65. The fourth-order valence-corrected chi connectivity index (χ4v) is 2.65. The van der Waals surface area contributed by atoms with Gasteiger partial charge in [-0.15, -0.1) is 0 Å². The Hall–Kier alpha value is -2.89. The highest BCUT2D eigenvalue weighted by Gasteiger charge is 2.31. The van der Waals surface area contributed by atoms with Crippen molar-refractivity contribution in [2.45, 2.75) is 0 Å². The molecular weight excluding hydrogens is 309 g/mol. The first-order valence-electron chi connectivity index (χ1n) is 7.70. The quantitative estimate of drug-likeness (QED) is 0.867. The zero-order valence-electron chi connectivity index (χ0n) is 13.4. The van der Waals surface area contributed by atoms with E-state index in [-0.39, 0.29) is 24.3 Å². The number of anilines is 2. The van der Waals surface area contributed by atoms with Gasteiger partial charge in [0.1, 0.15) is 12.4 Å². The summed E-state index contributed by atoms with van der Waals surface area (Å²) in [5, 5.41) is 0. The van der Waals surface area contributed by atoms with Gasteiger partial charge in [0, 0.05) is 31.5 Å². The molecule has 5 nitrogen and oxygen atoms in total. The number of carbonyl (C=O) groups is 2. The van der Waals surface area contributed by atoms with E-state index in [2.05, 4.69) is 0 Å². The summed E-state index contributed by atoms with van der Waals surface area (Å²) in [6, 6.07) is 14.8. The van der Waals surface area contributed by atoms with Crippen molar-refractivity contribution >= 4 is 23.3 Å². The predicted octanol–water partition coefficient (Wildman–Crippen LogP) is 2.73. The second kappa shape index (κ2) is 6.70. The molecule has 0 saturated carbocycles. The van der Waals surface area contributed by atoms with Crippen LogP contribution < -0.4 is 9.80 Å². The lowest BCUT2D eigenvalue weighted by Crippen LogP contribution is -2.40. The minimum absolute atomic E-state index is 0.0158. The Morgan fingerprint density at radius 3 is 2.42 bits per heavy atom. The molecule has 2 aromatic rings. The molecule has 0 aliphatic carbocycles. The highest BCUT2D eigenvalue weighted by molar-refractivity contribution is 6.00. The van der Waals surface area contributed by atoms with E-state index >= 15 is 0 Å². The molecule has 0 radical (unpaired) electrons. The first-order chi connectivity index (χ1) is 11.6. The van der Waals surface area contributed by atoms with E-state index in [1.165, 1.54) is 21.9 Å². The molecule has 1 heterocycles. The topological polar surface area (TPSA) is 43.9 Å². The molecule has 124 valence electrons. The number of benzene rings is 2. The molecule has 1 aliphatic heterocycles. The molecule has 0 atom stereocenters. The standard InChI is InChI=1S/C18H18FN3O2/c1-20(15-5-3-2-4-6-15)17(23)13-21-11-12-22(18(21)24)16-9-7-14(19)8-10-16/h2-10H,11-13H2,1H3. The SMILES string of the molecule is CN(C(=O)CN1CCN(c2ccc(F)cc2)C1=O)c1ccccc1. The van der Waals surface area contributed by atoms with E-state index in [0.717, 1.165) is 5.69 Å². The number of rotatable bonds is 4. The number of amides is 3. The summed E-state index contributed by atoms with van der Waals surface area (Å²) >= 11 is 0. The summed E-state index contributed by atoms with van der Waals surface area (Å²) in [4.78, 5) is 29.5. The van der Waals surface area contributed by atoms with Gasteiger partial charge in [-0.3, -0.25) is 9.69 Å². The predicted molar refractivity (Wildman–Crippen MR) is 90.6 cm³/mol. The zero-order chi connectivity index (χ0) is 17.1. The van der Waals surface area contributed by atoms with Gasteiger partial charge >= 0.3 is 6.03 Å². The van der Waals surface area contributed by atoms with Crippen molar-refractivity contribution in [3.05, 3.63) is 60.4 Å². The molecule has 0 bridgehead atoms. The third kappa shape index (κ3) is 3.22. The van der Waals surface area contributed by atoms with Crippen LogP contribution in [0.25, 0.3) is 0 Å². The maximum Gasteiger partial charge on any atom is 0.325 e. The maximum absolute atomic E-state index is 13.0. The van der Waals surface area contributed by atoms with E-state index in [9.17, 15) is 14.0 Å². The number of carbonyl (C=O) groups excluding carboxylic acids is 2. The lowest BCUT2D eigenvalue weighted by Gasteiger charge is -2.22. The number of hydrogen-bond donors (Lipinski definition) is 0. The van der Waals surface area contributed by atoms with Crippen LogP contribution in [-0.4, -0.2) is 43.5 Å². The Morgan fingerprint density at radius 2 is 1.75 bits per heavy atom. The van der Waals surface area contributed by atoms with Crippen molar-refractivity contribution in [2.24, 2.45) is 0 Å². The van der Waals surface area contributed by atoms with Gasteiger partial charge in [-0.2, -0.15) is 0 Å². The van der Waals surface area contributed by atoms with E-state index in [1.807, 2.05) is 30.3 Å². The first-order valence-corrected chi connectivity index (χ1v) is 7.70. The average molecular weight is 327 g/mol. The van der Waals surface area contributed by atoms with Crippen LogP contribution in [0.1, 0.15) is 0 Å². The zero-order valence-corrected chi connectivity index (χ0v) is 13.4. The van der Waals surface area contributed by atoms with Crippen molar-refractivity contribution in [1.82, 2.24) is 4.90 Å². The van der Waals surface area contributed by atoms with Gasteiger partial charge in [0.05, 0.1) is 0 Å². The largest absolute Gasteiger partial charge is 0.325 e. The van der Waals surface area contributed by atoms with Gasteiger partial charge < -0.3 is 9.80 Å². The molecule has 0 aromatic heterocycles. The number of para-hydroxylation sites is 1. The van der Waals surface area contributed by atoms with Crippen LogP contribution in [0.15, 0.2) is 54.6 Å². The van der Waals surface area contributed by atoms with Crippen molar-refractivity contribution in [2.75, 3.05) is 36.5 Å². The number of hydrogen-bond acceptors (Lipinski definition) is 2. The van der Waals surface area contributed by atoms with Crippen molar-refractivity contribution in [1.29, 1.82) is 0 Å². The fourth-order valence-electron chi connectivity index (χ4n) is 2.65. The Bertz CT molecular complexity index is 734. The molecule has 3 rings (SSSR count). The van der Waals surface area contributed by atoms with E-state index in [1.54, 1.807) is 24.1 Å². The maximum atomic E-state index is 13.0. The van der Waals surface area contributed by atoms with Crippen LogP contribution in [-0.2, 0) is 4.79 Å². The van der Waals surface area contributed by atoms with Crippen LogP contribution in [0, 0.1) is 5.82 Å². The molecule has 1 fully saturated rings. The molecule has 1 aliphatic rings. The van der Waals surface area contributed by atoms with E-state index < -0.39 is 0 Å². The number of urea groups is 1. The van der Waals surface area contributed by atoms with Gasteiger partial charge in [-0.05, 0) is 36.4 Å². The molecule has 1 saturated heterocycles. The van der Waals surface area contributed by atoms with Gasteiger partial charge in [0.25, 0.3) is 0 Å². The van der Waals surface area contributed by atoms with E-state index in [0.29, 0.717) is 18.8 Å². The molecule has 0 unspecified atom stereocenters. The Kier molecular flexibility index (Phi) is 4.46. The summed E-state index contributed by atoms with van der Waals surface area (Å²) in [5.74, 6) is -0.502. The van der Waals surface area contributed by atoms with Crippen LogP contribution in [0.5, 0.6) is 0 Å². The van der Waals surface area contributed by atoms with Crippen LogP contribution in [0.4, 0.5) is 20.6 Å². The average Bonchev–Trinajstić information content (AvgIpc) is 2.96. The fraction of sp³-hybridized carbons (Fsp3) is 0.222. The summed E-state index contributed by atoms with van der Waals surface area (Å²) < 4.78 is 13.0. The molecule has 0 spiro atoms. The monoisotopic (exact) mass is 327 g/mol. The summed E-state index contributed by atoms with van der Waals surface area (Å²) in [6.07, 6.45) is 0. The van der Waals surface area contributed by atoms with Crippen LogP contribution in [0.2, 0.25) is 0 Å². The summed E-state index contributed by atoms with van der Waals surface area (Å²) in [6.45, 7) is 0.958. The smallest absolute Gasteiger partial charge is 0.314 e. The minimum atomic E-state index is -0.345. The molecule has 2 aromatic carbocycles. The molecular formula is C18H18FN3O2. The highest BCUT2D eigenvalue weighted by atomic mass is 19.1. The first kappa shape index (κ1) is 16.0. The molecule has 6 heteroatoms. The lowest BCUT2D eigenvalue weighted by atomic mass is 10.3. The third-order valence-corrected chi connectivity index (χ3v) is 4.08. The van der Waals surface area contributed by atoms with Crippen LogP contribution >= 0.6 is 0 Å². The normalized spacial score (nSPS) is 14.2. The number of likely N-dealkylation sites (N-methyl/N-ethyl adjacent to an activating group) is 1. The summed E-state index contributed by atoms with van der Waals surface area (Å²) in [7, 11) is 1.69. The molecule has 3 amide bonds. The van der Waals surface area contributed by atoms with Crippen molar-refractivity contribution in [3.8, 4) is 0 Å². The van der Waals surface area contributed by atoms with Crippen LogP contribution in [0.3, 0.4) is 0 Å². The second-order valence-electron chi connectivity index (χ2n) is 5.62. The minimum Gasteiger partial charge on any atom is -0.314 e. The third-order valence-electron chi connectivity index (χ3n) is 4.08. The molecule has 24 heavy (non-hydrogen) atoms. The second-order valence-corrected chi connectivity index (χ2v) is 5.62. The number of nitrogens with zero attached hydrogens (tertiary/aromatic N) is 3. The van der Waals surface area contributed by atoms with Crippen molar-refractivity contribution < 1.29 is 14.0 Å². The Labute approximate surface area is 139 Å². The Morgan fingerprint density at radius 1 is 1.08 bits per heavy atom. The lowest BCUT2D eigenvalue weighted by molar-refractivity contribution is -0.118. The highest BCUT2D eigenvalue weighted by Crippen LogP contribution is 2.21. The van der Waals surface area contributed by atoms with Gasteiger partial charge in [0.2, 0.25) is 5.91 Å². The molecule has 0 N–H and O–H groups in total. The number of halogens is 1.